The molecule has 0 saturated carbocycles. The second-order valence-electron chi connectivity index (χ2n) is 4.25. The Bertz CT molecular complexity index is 226. The van der Waals surface area contributed by atoms with Crippen LogP contribution in [0.4, 0.5) is 0 Å². The van der Waals surface area contributed by atoms with Crippen LogP contribution in [-0.4, -0.2) is 36.8 Å². The summed E-state index contributed by atoms with van der Waals surface area (Å²) < 4.78 is 12.9. The lowest BCUT2D eigenvalue weighted by molar-refractivity contribution is -0.136. The topological polar surface area (TPSA) is 63.4 Å². The van der Waals surface area contributed by atoms with E-state index >= 15 is 0 Å². The lowest BCUT2D eigenvalue weighted by Gasteiger charge is -2.24. The van der Waals surface area contributed by atoms with Gasteiger partial charge in [-0.05, 0) is 27.7 Å². The first kappa shape index (κ1) is 10.8. The molecule has 13 heavy (non-hydrogen) atoms. The zero-order valence-electron chi connectivity index (χ0n) is 8.27. The van der Waals surface area contributed by atoms with Gasteiger partial charge < -0.3 is 9.66 Å². The zero-order valence-corrected chi connectivity index (χ0v) is 9.09. The molecular weight excluding hydrogens is 190 g/mol. The minimum atomic E-state index is -1.21. The van der Waals surface area contributed by atoms with Crippen molar-refractivity contribution in [3.63, 3.8) is 0 Å². The third kappa shape index (κ3) is 1.98. The quantitative estimate of drug-likeness (QED) is 0.530. The molecule has 4 nitrogen and oxygen atoms in total. The molecule has 1 rings (SSSR count). The molecule has 5 heteroatoms. The van der Waals surface area contributed by atoms with Crippen LogP contribution in [0.3, 0.4) is 0 Å². The highest BCUT2D eigenvalue weighted by Crippen LogP contribution is 2.37. The summed E-state index contributed by atoms with van der Waals surface area (Å²) in [5.41, 5.74) is 0. The summed E-state index contributed by atoms with van der Waals surface area (Å²) >= 11 is -1.21. The molecule has 0 aromatic rings. The Morgan fingerprint density at radius 2 is 2.00 bits per heavy atom. The fraction of sp³-hybridized carbons (Fsp3) is 0.875. The predicted molar refractivity (Wildman–Crippen MR) is 50.6 cm³/mol. The fourth-order valence-electron chi connectivity index (χ4n) is 1.21. The summed E-state index contributed by atoms with van der Waals surface area (Å²) in [6, 6.07) is -0.655. The van der Waals surface area contributed by atoms with Gasteiger partial charge in [0, 0.05) is 11.4 Å². The van der Waals surface area contributed by atoms with Gasteiger partial charge in [-0.15, -0.1) is 4.31 Å². The summed E-state index contributed by atoms with van der Waals surface area (Å²) in [6.07, 6.45) is 0. The van der Waals surface area contributed by atoms with Gasteiger partial charge in [0.2, 0.25) is 0 Å². The molecule has 0 aromatic heterocycles. The van der Waals surface area contributed by atoms with Gasteiger partial charge >= 0.3 is 5.97 Å². The molecule has 0 aliphatic carbocycles. The average molecular weight is 205 g/mol. The van der Waals surface area contributed by atoms with Crippen LogP contribution in [-0.2, 0) is 16.2 Å². The Kier molecular flexibility index (Phi) is 2.62. The van der Waals surface area contributed by atoms with E-state index in [9.17, 15) is 9.35 Å². The zero-order chi connectivity index (χ0) is 10.4. The van der Waals surface area contributed by atoms with Crippen LogP contribution in [0.2, 0.25) is 0 Å². The van der Waals surface area contributed by atoms with Crippen LogP contribution >= 0.6 is 0 Å². The first-order valence-corrected chi connectivity index (χ1v) is 5.30. The summed E-state index contributed by atoms with van der Waals surface area (Å²) in [7, 11) is 0. The molecule has 0 radical (unpaired) electrons. The Labute approximate surface area is 81.2 Å². The second kappa shape index (κ2) is 3.15. The van der Waals surface area contributed by atoms with Gasteiger partial charge in [-0.2, -0.15) is 0 Å². The van der Waals surface area contributed by atoms with E-state index in [2.05, 4.69) is 0 Å². The SMILES string of the molecule is C[C@@H]1[C@H](C(=O)O)[N@]1[S@+]([O-])C(C)(C)C. The molecule has 1 saturated heterocycles. The average Bonchev–Trinajstić information content (AvgIpc) is 2.57. The first-order valence-electron chi connectivity index (χ1n) is 4.20. The number of carboxylic acid groups (broad SMARTS) is 1. The number of carbonyl (C=O) groups is 1. The molecule has 0 aromatic carbocycles. The van der Waals surface area contributed by atoms with E-state index in [4.69, 9.17) is 5.11 Å². The van der Waals surface area contributed by atoms with Crippen LogP contribution in [0.1, 0.15) is 27.7 Å². The van der Waals surface area contributed by atoms with E-state index in [1.165, 1.54) is 4.31 Å². The number of rotatable bonds is 2. The Hall–Kier alpha value is -0.260. The number of carboxylic acids is 1. The number of aliphatic carboxylic acids is 1. The normalized spacial score (nSPS) is 35.6. The van der Waals surface area contributed by atoms with Gasteiger partial charge in [0.1, 0.15) is 4.75 Å². The molecule has 1 aliphatic heterocycles. The molecule has 1 aliphatic rings. The van der Waals surface area contributed by atoms with Gasteiger partial charge in [0.25, 0.3) is 0 Å². The molecule has 0 spiro atoms. The van der Waals surface area contributed by atoms with Crippen molar-refractivity contribution in [2.45, 2.75) is 44.5 Å². The summed E-state index contributed by atoms with van der Waals surface area (Å²) in [4.78, 5) is 10.6. The first-order chi connectivity index (χ1) is 5.76. The highest BCUT2D eigenvalue weighted by atomic mass is 32.2. The van der Waals surface area contributed by atoms with Crippen LogP contribution in [0.15, 0.2) is 0 Å². The van der Waals surface area contributed by atoms with Crippen molar-refractivity contribution in [1.82, 2.24) is 4.31 Å². The number of hydrogen-bond acceptors (Lipinski definition) is 3. The lowest BCUT2D eigenvalue weighted by Crippen LogP contribution is -2.35. The van der Waals surface area contributed by atoms with Crippen molar-refractivity contribution in [2.75, 3.05) is 0 Å². The van der Waals surface area contributed by atoms with Crippen molar-refractivity contribution in [2.24, 2.45) is 0 Å². The Balaban J connectivity index is 2.63. The van der Waals surface area contributed by atoms with Gasteiger partial charge in [0.15, 0.2) is 6.04 Å². The maximum atomic E-state index is 11.7. The van der Waals surface area contributed by atoms with Crippen molar-refractivity contribution < 1.29 is 14.5 Å². The standard InChI is InChI=1S/C8H15NO3S/c1-5-6(7(10)11)9(5)13(12)8(2,3)4/h5-6H,1-4H3,(H,10,11)/t5-,6-,9-,13-/m1/s1. The van der Waals surface area contributed by atoms with Crippen LogP contribution in [0.5, 0.6) is 0 Å². The Morgan fingerprint density at radius 3 is 2.23 bits per heavy atom. The number of nitrogens with zero attached hydrogens (tertiary/aromatic N) is 1. The van der Waals surface area contributed by atoms with Crippen LogP contribution in [0.25, 0.3) is 0 Å². The maximum Gasteiger partial charge on any atom is 0.327 e. The Morgan fingerprint density at radius 1 is 1.54 bits per heavy atom. The van der Waals surface area contributed by atoms with E-state index in [1.54, 1.807) is 6.92 Å². The largest absolute Gasteiger partial charge is 0.597 e. The van der Waals surface area contributed by atoms with Crippen molar-refractivity contribution in [1.29, 1.82) is 0 Å². The van der Waals surface area contributed by atoms with Gasteiger partial charge in [-0.3, -0.25) is 4.79 Å². The predicted octanol–water partition coefficient (Wildman–Crippen LogP) is 0.606. The van der Waals surface area contributed by atoms with E-state index in [0.29, 0.717) is 0 Å². The monoisotopic (exact) mass is 205 g/mol. The van der Waals surface area contributed by atoms with E-state index in [1.807, 2.05) is 20.8 Å². The lowest BCUT2D eigenvalue weighted by atomic mass is 10.3. The minimum Gasteiger partial charge on any atom is -0.597 e. The van der Waals surface area contributed by atoms with Crippen molar-refractivity contribution >= 4 is 17.3 Å². The molecule has 0 bridgehead atoms. The molecule has 0 unspecified atom stereocenters. The summed E-state index contributed by atoms with van der Waals surface area (Å²) in [5.74, 6) is -0.884. The molecule has 0 amide bonds. The maximum absolute atomic E-state index is 11.7. The third-order valence-corrected chi connectivity index (χ3v) is 4.00. The van der Waals surface area contributed by atoms with Crippen LogP contribution in [0, 0.1) is 0 Å². The van der Waals surface area contributed by atoms with E-state index in [-0.39, 0.29) is 10.8 Å². The second-order valence-corrected chi connectivity index (χ2v) is 6.39. The van der Waals surface area contributed by atoms with Gasteiger partial charge in [-0.1, -0.05) is 0 Å². The van der Waals surface area contributed by atoms with Crippen molar-refractivity contribution in [3.8, 4) is 0 Å². The molecule has 1 N–H and O–H groups in total. The van der Waals surface area contributed by atoms with Crippen molar-refractivity contribution in [3.05, 3.63) is 0 Å². The molecule has 4 atom stereocenters. The van der Waals surface area contributed by atoms with Crippen LogP contribution < -0.4 is 0 Å². The molecular formula is C8H15NO3S. The number of hydrogen-bond donors (Lipinski definition) is 1. The third-order valence-electron chi connectivity index (χ3n) is 2.01. The smallest absolute Gasteiger partial charge is 0.327 e. The van der Waals surface area contributed by atoms with E-state index < -0.39 is 23.4 Å². The van der Waals surface area contributed by atoms with E-state index in [0.717, 1.165) is 0 Å². The summed E-state index contributed by atoms with van der Waals surface area (Å²) in [6.45, 7) is 7.30. The minimum absolute atomic E-state index is 0.0995. The molecule has 1 heterocycles. The summed E-state index contributed by atoms with van der Waals surface area (Å²) in [5, 5.41) is 8.73. The molecule has 76 valence electrons. The van der Waals surface area contributed by atoms with Gasteiger partial charge in [-0.25, -0.2) is 0 Å². The highest BCUT2D eigenvalue weighted by molar-refractivity contribution is 7.90. The highest BCUT2D eigenvalue weighted by Gasteiger charge is 2.60. The molecule has 1 fully saturated rings. The van der Waals surface area contributed by atoms with Gasteiger partial charge in [0.05, 0.1) is 6.04 Å². The fourth-order valence-corrected chi connectivity index (χ4v) is 2.68.